The van der Waals surface area contributed by atoms with Crippen molar-refractivity contribution in [2.75, 3.05) is 12.9 Å². The fraction of sp³-hybridized carbons (Fsp3) is 0.0833. The molecule has 0 amide bonds. The SMILES string of the molecule is CS(=O)(=O)c1ccc(C(=O)OCC(=O)c2c(-c3ccccc3)[nH]c3ccccc23)cc1. The number of fused-ring (bicyclic) bond motifs is 1. The van der Waals surface area contributed by atoms with Crippen molar-refractivity contribution in [1.29, 1.82) is 0 Å². The lowest BCUT2D eigenvalue weighted by molar-refractivity contribution is 0.0475. The Morgan fingerprint density at radius 3 is 2.19 bits per heavy atom. The number of ether oxygens (including phenoxy) is 1. The molecule has 1 heterocycles. The fourth-order valence-electron chi connectivity index (χ4n) is 3.38. The first kappa shape index (κ1) is 20.6. The van der Waals surface area contributed by atoms with Gasteiger partial charge in [-0.15, -0.1) is 0 Å². The number of carbonyl (C=O) groups is 2. The first-order valence-electron chi connectivity index (χ1n) is 9.51. The van der Waals surface area contributed by atoms with Crippen molar-refractivity contribution in [3.8, 4) is 11.3 Å². The van der Waals surface area contributed by atoms with Gasteiger partial charge in [-0.1, -0.05) is 48.5 Å². The Bertz CT molecular complexity index is 1370. The van der Waals surface area contributed by atoms with Gasteiger partial charge in [0.25, 0.3) is 0 Å². The lowest BCUT2D eigenvalue weighted by atomic mass is 10.0. The predicted molar refractivity (Wildman–Crippen MR) is 118 cm³/mol. The molecule has 0 aliphatic rings. The highest BCUT2D eigenvalue weighted by atomic mass is 32.2. The number of aromatic amines is 1. The van der Waals surface area contributed by atoms with Crippen LogP contribution in [0, 0.1) is 0 Å². The summed E-state index contributed by atoms with van der Waals surface area (Å²) >= 11 is 0. The van der Waals surface area contributed by atoms with E-state index in [0.717, 1.165) is 22.7 Å². The van der Waals surface area contributed by atoms with Crippen LogP contribution >= 0.6 is 0 Å². The van der Waals surface area contributed by atoms with Gasteiger partial charge in [-0.05, 0) is 35.9 Å². The van der Waals surface area contributed by atoms with Crippen molar-refractivity contribution < 1.29 is 22.7 Å². The highest BCUT2D eigenvalue weighted by molar-refractivity contribution is 7.90. The number of sulfone groups is 1. The van der Waals surface area contributed by atoms with Crippen LogP contribution in [0.25, 0.3) is 22.2 Å². The van der Waals surface area contributed by atoms with Gasteiger partial charge in [-0.2, -0.15) is 0 Å². The summed E-state index contributed by atoms with van der Waals surface area (Å²) in [4.78, 5) is 28.8. The van der Waals surface area contributed by atoms with Crippen LogP contribution in [0.5, 0.6) is 0 Å². The second kappa shape index (κ2) is 8.20. The maximum absolute atomic E-state index is 13.1. The lowest BCUT2D eigenvalue weighted by Crippen LogP contribution is -2.15. The van der Waals surface area contributed by atoms with Crippen LogP contribution in [0.15, 0.2) is 83.8 Å². The molecule has 0 aliphatic heterocycles. The standard InChI is InChI=1S/C24H19NO5S/c1-31(28,29)18-13-11-17(12-14-18)24(27)30-15-21(26)22-19-9-5-6-10-20(19)25-23(22)16-7-3-2-4-8-16/h2-14,25H,15H2,1H3. The number of hydrogen-bond acceptors (Lipinski definition) is 5. The molecule has 0 fully saturated rings. The van der Waals surface area contributed by atoms with E-state index in [1.165, 1.54) is 24.3 Å². The van der Waals surface area contributed by atoms with Crippen molar-refractivity contribution in [3.63, 3.8) is 0 Å². The van der Waals surface area contributed by atoms with Crippen LogP contribution in [0.2, 0.25) is 0 Å². The number of carbonyl (C=O) groups excluding carboxylic acids is 2. The summed E-state index contributed by atoms with van der Waals surface area (Å²) < 4.78 is 28.3. The summed E-state index contributed by atoms with van der Waals surface area (Å²) in [5.74, 6) is -1.04. The summed E-state index contributed by atoms with van der Waals surface area (Å²) in [6.45, 7) is -0.436. The second-order valence-electron chi connectivity index (χ2n) is 7.08. The summed E-state index contributed by atoms with van der Waals surface area (Å²) in [6.07, 6.45) is 1.09. The first-order valence-corrected chi connectivity index (χ1v) is 11.4. The Morgan fingerprint density at radius 2 is 1.52 bits per heavy atom. The van der Waals surface area contributed by atoms with Gasteiger partial charge >= 0.3 is 5.97 Å². The van der Waals surface area contributed by atoms with E-state index in [9.17, 15) is 18.0 Å². The topological polar surface area (TPSA) is 93.3 Å². The van der Waals surface area contributed by atoms with E-state index in [-0.39, 0.29) is 16.2 Å². The largest absolute Gasteiger partial charge is 0.454 e. The normalized spacial score (nSPS) is 11.4. The highest BCUT2D eigenvalue weighted by Crippen LogP contribution is 2.30. The molecule has 1 aromatic heterocycles. The van der Waals surface area contributed by atoms with Crippen LogP contribution in [0.3, 0.4) is 0 Å². The molecule has 0 unspecified atom stereocenters. The predicted octanol–water partition coefficient (Wildman–Crippen LogP) is 4.28. The van der Waals surface area contributed by atoms with E-state index in [0.29, 0.717) is 11.3 Å². The third-order valence-electron chi connectivity index (χ3n) is 4.90. The van der Waals surface area contributed by atoms with Gasteiger partial charge in [0.2, 0.25) is 5.78 Å². The number of H-pyrrole nitrogens is 1. The molecule has 3 aromatic carbocycles. The van der Waals surface area contributed by atoms with Gasteiger partial charge in [0, 0.05) is 17.2 Å². The summed E-state index contributed by atoms with van der Waals surface area (Å²) in [5.41, 5.74) is 2.96. The minimum Gasteiger partial charge on any atom is -0.454 e. The molecule has 0 bridgehead atoms. The molecule has 31 heavy (non-hydrogen) atoms. The van der Waals surface area contributed by atoms with E-state index in [2.05, 4.69) is 4.98 Å². The van der Waals surface area contributed by atoms with Crippen molar-refractivity contribution in [2.24, 2.45) is 0 Å². The average molecular weight is 433 g/mol. The quantitative estimate of drug-likeness (QED) is 0.362. The smallest absolute Gasteiger partial charge is 0.338 e. The third-order valence-corrected chi connectivity index (χ3v) is 6.03. The second-order valence-corrected chi connectivity index (χ2v) is 9.10. The molecule has 0 spiro atoms. The summed E-state index contributed by atoms with van der Waals surface area (Å²) in [5, 5.41) is 0.750. The number of esters is 1. The van der Waals surface area contributed by atoms with Gasteiger partial charge in [0.1, 0.15) is 0 Å². The Balaban J connectivity index is 1.58. The molecule has 7 heteroatoms. The third kappa shape index (κ3) is 4.27. The number of benzene rings is 3. The number of hydrogen-bond donors (Lipinski definition) is 1. The zero-order chi connectivity index (χ0) is 22.0. The molecular formula is C24H19NO5S. The zero-order valence-electron chi connectivity index (χ0n) is 16.7. The van der Waals surface area contributed by atoms with Gasteiger partial charge in [0.15, 0.2) is 16.4 Å². The molecule has 1 N–H and O–H groups in total. The van der Waals surface area contributed by atoms with Crippen LogP contribution in [-0.2, 0) is 14.6 Å². The van der Waals surface area contributed by atoms with E-state index >= 15 is 0 Å². The number of ketones is 1. The van der Waals surface area contributed by atoms with E-state index < -0.39 is 22.4 Å². The van der Waals surface area contributed by atoms with Gasteiger partial charge in [-0.3, -0.25) is 4.79 Å². The van der Waals surface area contributed by atoms with Crippen LogP contribution in [-0.4, -0.2) is 38.0 Å². The Labute approximate surface area is 179 Å². The maximum Gasteiger partial charge on any atom is 0.338 e. The Kier molecular flexibility index (Phi) is 5.44. The molecule has 156 valence electrons. The fourth-order valence-corrected chi connectivity index (χ4v) is 4.01. The number of Topliss-reactive ketones (excluding diaryl/α,β-unsaturated/α-hetero) is 1. The summed E-state index contributed by atoms with van der Waals surface area (Å²) in [7, 11) is -3.36. The van der Waals surface area contributed by atoms with Crippen LogP contribution < -0.4 is 0 Å². The van der Waals surface area contributed by atoms with Crippen LogP contribution in [0.4, 0.5) is 0 Å². The van der Waals surface area contributed by atoms with Gasteiger partial charge in [0.05, 0.1) is 21.7 Å². The maximum atomic E-state index is 13.1. The summed E-state index contributed by atoms with van der Waals surface area (Å²) in [6, 6.07) is 22.3. The average Bonchev–Trinajstić information content (AvgIpc) is 3.17. The molecule has 0 saturated carbocycles. The molecule has 0 saturated heterocycles. The number of nitrogens with one attached hydrogen (secondary N) is 1. The molecule has 0 aliphatic carbocycles. The molecule has 6 nitrogen and oxygen atoms in total. The lowest BCUT2D eigenvalue weighted by Gasteiger charge is -2.07. The van der Waals surface area contributed by atoms with Crippen LogP contribution in [0.1, 0.15) is 20.7 Å². The Hall–Kier alpha value is -3.71. The minimum atomic E-state index is -3.36. The zero-order valence-corrected chi connectivity index (χ0v) is 17.5. The van der Waals surface area contributed by atoms with E-state index in [1.807, 2.05) is 54.6 Å². The number of aromatic nitrogens is 1. The van der Waals surface area contributed by atoms with E-state index in [4.69, 9.17) is 4.74 Å². The molecular weight excluding hydrogens is 414 g/mol. The monoisotopic (exact) mass is 433 g/mol. The van der Waals surface area contributed by atoms with Crippen molar-refractivity contribution in [1.82, 2.24) is 4.98 Å². The van der Waals surface area contributed by atoms with Crippen molar-refractivity contribution in [2.45, 2.75) is 4.90 Å². The van der Waals surface area contributed by atoms with Gasteiger partial charge in [-0.25, -0.2) is 13.2 Å². The van der Waals surface area contributed by atoms with E-state index in [1.54, 1.807) is 0 Å². The van der Waals surface area contributed by atoms with Crippen molar-refractivity contribution >= 4 is 32.5 Å². The molecule has 0 atom stereocenters. The first-order chi connectivity index (χ1) is 14.8. The highest BCUT2D eigenvalue weighted by Gasteiger charge is 2.21. The molecule has 4 rings (SSSR count). The molecule has 4 aromatic rings. The van der Waals surface area contributed by atoms with Gasteiger partial charge < -0.3 is 9.72 Å². The number of rotatable bonds is 6. The van der Waals surface area contributed by atoms with Crippen molar-refractivity contribution in [3.05, 3.63) is 90.0 Å². The Morgan fingerprint density at radius 1 is 0.871 bits per heavy atom. The number of para-hydroxylation sites is 1. The minimum absolute atomic E-state index is 0.103. The molecule has 0 radical (unpaired) electrons.